The lowest BCUT2D eigenvalue weighted by molar-refractivity contribution is -0.139. The number of methoxy groups -OCH3 is 1. The zero-order valence-corrected chi connectivity index (χ0v) is 10.5. The van der Waals surface area contributed by atoms with Crippen LogP contribution in [0.3, 0.4) is 0 Å². The van der Waals surface area contributed by atoms with Crippen LogP contribution in [0.4, 0.5) is 4.39 Å². The Morgan fingerprint density at radius 1 is 1.43 bits per heavy atom. The van der Waals surface area contributed by atoms with Gasteiger partial charge in [0.2, 0.25) is 0 Å². The summed E-state index contributed by atoms with van der Waals surface area (Å²) in [6.07, 6.45) is 0.121. The van der Waals surface area contributed by atoms with Crippen LogP contribution < -0.4 is 0 Å². The van der Waals surface area contributed by atoms with E-state index >= 15 is 0 Å². The lowest BCUT2D eigenvalue weighted by atomic mass is 10.1. The summed E-state index contributed by atoms with van der Waals surface area (Å²) in [5.74, 6) is -0.727. The molecule has 0 unspecified atom stereocenters. The van der Waals surface area contributed by atoms with E-state index < -0.39 is 0 Å². The molecule has 1 aromatic rings. The number of hydrogen-bond acceptors (Lipinski definition) is 2. The third-order valence-electron chi connectivity index (χ3n) is 1.68. The molecular formula is C9H7Br2FO2. The van der Waals surface area contributed by atoms with Crippen molar-refractivity contribution in [1.29, 1.82) is 0 Å². The highest BCUT2D eigenvalue weighted by atomic mass is 79.9. The lowest BCUT2D eigenvalue weighted by Crippen LogP contribution is -2.05. The normalized spacial score (nSPS) is 10.0. The molecule has 1 rings (SSSR count). The van der Waals surface area contributed by atoms with Gasteiger partial charge in [-0.2, -0.15) is 0 Å². The molecule has 0 aliphatic carbocycles. The average molecular weight is 326 g/mol. The average Bonchev–Trinajstić information content (AvgIpc) is 2.19. The number of rotatable bonds is 2. The van der Waals surface area contributed by atoms with Gasteiger partial charge in [-0.05, 0) is 43.5 Å². The Balaban J connectivity index is 3.00. The van der Waals surface area contributed by atoms with Crippen LogP contribution in [-0.2, 0) is 16.0 Å². The van der Waals surface area contributed by atoms with Crippen molar-refractivity contribution in [2.24, 2.45) is 0 Å². The zero-order valence-electron chi connectivity index (χ0n) is 7.31. The molecule has 0 fully saturated rings. The van der Waals surface area contributed by atoms with Gasteiger partial charge in [-0.25, -0.2) is 4.39 Å². The van der Waals surface area contributed by atoms with E-state index in [-0.39, 0.29) is 18.2 Å². The van der Waals surface area contributed by atoms with Crippen molar-refractivity contribution in [2.45, 2.75) is 6.42 Å². The van der Waals surface area contributed by atoms with Gasteiger partial charge in [0, 0.05) is 4.47 Å². The quantitative estimate of drug-likeness (QED) is 0.617. The Morgan fingerprint density at radius 2 is 2.07 bits per heavy atom. The Labute approximate surface area is 97.7 Å². The Bertz CT molecular complexity index is 366. The highest BCUT2D eigenvalue weighted by molar-refractivity contribution is 9.13. The van der Waals surface area contributed by atoms with Crippen molar-refractivity contribution in [1.82, 2.24) is 0 Å². The molecule has 0 aliphatic rings. The number of hydrogen-bond donors (Lipinski definition) is 0. The van der Waals surface area contributed by atoms with Crippen LogP contribution >= 0.6 is 31.9 Å². The van der Waals surface area contributed by atoms with Crippen LogP contribution in [0, 0.1) is 5.82 Å². The van der Waals surface area contributed by atoms with Gasteiger partial charge >= 0.3 is 5.97 Å². The fraction of sp³-hybridized carbons (Fsp3) is 0.222. The fourth-order valence-electron chi connectivity index (χ4n) is 0.930. The topological polar surface area (TPSA) is 26.3 Å². The van der Waals surface area contributed by atoms with E-state index in [9.17, 15) is 9.18 Å². The largest absolute Gasteiger partial charge is 0.469 e. The highest BCUT2D eigenvalue weighted by Gasteiger charge is 2.11. The molecule has 5 heteroatoms. The van der Waals surface area contributed by atoms with E-state index in [0.29, 0.717) is 14.5 Å². The summed E-state index contributed by atoms with van der Waals surface area (Å²) in [6, 6.07) is 2.84. The number of ether oxygens (including phenoxy) is 1. The van der Waals surface area contributed by atoms with Crippen molar-refractivity contribution >= 4 is 37.8 Å². The smallest absolute Gasteiger partial charge is 0.310 e. The SMILES string of the molecule is COC(=O)Cc1ccc(F)c(Br)c1Br. The molecule has 0 amide bonds. The van der Waals surface area contributed by atoms with E-state index in [0.717, 1.165) is 0 Å². The molecule has 0 aliphatic heterocycles. The van der Waals surface area contributed by atoms with Gasteiger partial charge in [0.15, 0.2) is 0 Å². The zero-order chi connectivity index (χ0) is 10.7. The van der Waals surface area contributed by atoms with Gasteiger partial charge in [-0.1, -0.05) is 6.07 Å². The molecule has 0 N–H and O–H groups in total. The second-order valence-corrected chi connectivity index (χ2v) is 4.17. The summed E-state index contributed by atoms with van der Waals surface area (Å²) >= 11 is 6.26. The van der Waals surface area contributed by atoms with Gasteiger partial charge < -0.3 is 4.74 Å². The Kier molecular flexibility index (Phi) is 4.07. The van der Waals surface area contributed by atoms with Crippen molar-refractivity contribution in [2.75, 3.05) is 7.11 Å². The van der Waals surface area contributed by atoms with Crippen molar-refractivity contribution in [3.63, 3.8) is 0 Å². The van der Waals surface area contributed by atoms with Gasteiger partial charge in [0.05, 0.1) is 18.0 Å². The lowest BCUT2D eigenvalue weighted by Gasteiger charge is -2.05. The van der Waals surface area contributed by atoms with Gasteiger partial charge in [-0.3, -0.25) is 4.79 Å². The molecule has 2 nitrogen and oxygen atoms in total. The first kappa shape index (κ1) is 11.7. The molecule has 0 bridgehead atoms. The number of esters is 1. The molecule has 0 saturated heterocycles. The minimum absolute atomic E-state index is 0.121. The molecule has 0 aromatic heterocycles. The molecule has 0 heterocycles. The van der Waals surface area contributed by atoms with E-state index in [2.05, 4.69) is 36.6 Å². The molecule has 0 atom stereocenters. The molecule has 76 valence electrons. The Hall–Kier alpha value is -0.420. The van der Waals surface area contributed by atoms with E-state index in [4.69, 9.17) is 0 Å². The van der Waals surface area contributed by atoms with Gasteiger partial charge in [-0.15, -0.1) is 0 Å². The minimum Gasteiger partial charge on any atom is -0.469 e. The van der Waals surface area contributed by atoms with E-state index in [1.165, 1.54) is 13.2 Å². The second kappa shape index (κ2) is 4.89. The maximum atomic E-state index is 13.0. The van der Waals surface area contributed by atoms with Crippen LogP contribution in [0.25, 0.3) is 0 Å². The molecular weight excluding hydrogens is 319 g/mol. The minimum atomic E-state index is -0.370. The molecule has 0 radical (unpaired) electrons. The first-order valence-corrected chi connectivity index (χ1v) is 5.34. The molecule has 1 aromatic carbocycles. The van der Waals surface area contributed by atoms with Crippen LogP contribution in [0.2, 0.25) is 0 Å². The van der Waals surface area contributed by atoms with Gasteiger partial charge in [0.25, 0.3) is 0 Å². The summed E-state index contributed by atoms with van der Waals surface area (Å²) in [5, 5.41) is 0. The number of carbonyl (C=O) groups excluding carboxylic acids is 1. The fourth-order valence-corrected chi connectivity index (χ4v) is 1.78. The van der Waals surface area contributed by atoms with E-state index in [1.807, 2.05) is 0 Å². The monoisotopic (exact) mass is 324 g/mol. The molecule has 0 saturated carbocycles. The van der Waals surface area contributed by atoms with Crippen molar-refractivity contribution in [3.05, 3.63) is 32.5 Å². The first-order chi connectivity index (χ1) is 6.56. The third-order valence-corrected chi connectivity index (χ3v) is 3.89. The predicted molar refractivity (Wildman–Crippen MR) is 57.5 cm³/mol. The third kappa shape index (κ3) is 2.54. The maximum Gasteiger partial charge on any atom is 0.310 e. The van der Waals surface area contributed by atoms with Crippen molar-refractivity contribution in [3.8, 4) is 0 Å². The van der Waals surface area contributed by atoms with Crippen LogP contribution in [-0.4, -0.2) is 13.1 Å². The van der Waals surface area contributed by atoms with Crippen molar-refractivity contribution < 1.29 is 13.9 Å². The van der Waals surface area contributed by atoms with Crippen LogP contribution in [0.5, 0.6) is 0 Å². The number of halogens is 3. The van der Waals surface area contributed by atoms with E-state index in [1.54, 1.807) is 6.07 Å². The van der Waals surface area contributed by atoms with Gasteiger partial charge in [0.1, 0.15) is 5.82 Å². The number of benzene rings is 1. The highest BCUT2D eigenvalue weighted by Crippen LogP contribution is 2.29. The summed E-state index contributed by atoms with van der Waals surface area (Å²) in [6.45, 7) is 0. The summed E-state index contributed by atoms with van der Waals surface area (Å²) < 4.78 is 18.4. The number of carbonyl (C=O) groups is 1. The first-order valence-electron chi connectivity index (χ1n) is 3.75. The van der Waals surface area contributed by atoms with Crippen LogP contribution in [0.15, 0.2) is 21.1 Å². The predicted octanol–water partition coefficient (Wildman–Crippen LogP) is 3.07. The maximum absolute atomic E-state index is 13.0. The standard InChI is InChI=1S/C9H7Br2FO2/c1-14-7(13)4-5-2-3-6(12)9(11)8(5)10/h2-3H,4H2,1H3. The second-order valence-electron chi connectivity index (χ2n) is 2.59. The molecule has 14 heavy (non-hydrogen) atoms. The Morgan fingerprint density at radius 3 is 2.64 bits per heavy atom. The van der Waals surface area contributed by atoms with Crippen LogP contribution in [0.1, 0.15) is 5.56 Å². The summed E-state index contributed by atoms with van der Waals surface area (Å²) in [4.78, 5) is 11.0. The summed E-state index contributed by atoms with van der Waals surface area (Å²) in [7, 11) is 1.31. The molecule has 0 spiro atoms. The summed E-state index contributed by atoms with van der Waals surface area (Å²) in [5.41, 5.74) is 0.685.